The molecule has 0 atom stereocenters. The van der Waals surface area contributed by atoms with Crippen LogP contribution in [0.25, 0.3) is 6.08 Å². The Morgan fingerprint density at radius 2 is 1.43 bits per heavy atom. The highest BCUT2D eigenvalue weighted by Gasteiger charge is 2.36. The molecule has 5 heteroatoms. The molecule has 1 heterocycles. The van der Waals surface area contributed by atoms with Crippen molar-refractivity contribution in [2.75, 3.05) is 11.4 Å². The second kappa shape index (κ2) is 10.4. The molecule has 3 aromatic rings. The number of cyclic esters (lactones) is 1. The molecule has 0 spiro atoms. The highest BCUT2D eigenvalue weighted by Crippen LogP contribution is 2.34. The van der Waals surface area contributed by atoms with Gasteiger partial charge in [0.05, 0.1) is 0 Å². The lowest BCUT2D eigenvalue weighted by atomic mass is 9.97. The van der Waals surface area contributed by atoms with Crippen molar-refractivity contribution >= 4 is 35.1 Å². The van der Waals surface area contributed by atoms with Crippen LogP contribution in [0, 0.1) is 0 Å². The number of rotatable bonds is 7. The normalized spacial score (nSPS) is 16.9. The zero-order chi connectivity index (χ0) is 24.0. The summed E-state index contributed by atoms with van der Waals surface area (Å²) in [6.45, 7) is 0.364. The molecule has 2 amide bonds. The van der Waals surface area contributed by atoms with E-state index >= 15 is 0 Å². The number of amides is 2. The maximum absolute atomic E-state index is 12.8. The van der Waals surface area contributed by atoms with Crippen LogP contribution in [0.5, 0.6) is 0 Å². The van der Waals surface area contributed by atoms with Crippen LogP contribution in [0.15, 0.2) is 102 Å². The molecule has 0 unspecified atom stereocenters. The number of anilines is 3. The van der Waals surface area contributed by atoms with E-state index < -0.39 is 6.09 Å². The molecule has 1 aliphatic heterocycles. The van der Waals surface area contributed by atoms with E-state index in [1.54, 1.807) is 6.08 Å². The Balaban J connectivity index is 1.33. The van der Waals surface area contributed by atoms with E-state index in [0.29, 0.717) is 6.54 Å². The SMILES string of the molecule is O=C1OC(=Cc2ccc(N(c3ccccc3)c3ccccc3)cc2)C(=O)N1CCC1=CCCCC1. The molecule has 0 radical (unpaired) electrons. The molecular weight excluding hydrogens is 436 g/mol. The maximum atomic E-state index is 12.8. The number of imide groups is 1. The van der Waals surface area contributed by atoms with E-state index in [1.807, 2.05) is 60.7 Å². The number of ether oxygens (including phenoxy) is 1. The third-order valence-electron chi connectivity index (χ3n) is 6.39. The predicted octanol–water partition coefficient (Wildman–Crippen LogP) is 7.37. The average Bonchev–Trinajstić information content (AvgIpc) is 3.17. The Morgan fingerprint density at radius 1 is 0.800 bits per heavy atom. The molecule has 0 N–H and O–H groups in total. The van der Waals surface area contributed by atoms with Crippen molar-refractivity contribution in [1.29, 1.82) is 0 Å². The third kappa shape index (κ3) is 5.19. The van der Waals surface area contributed by atoms with Gasteiger partial charge >= 0.3 is 6.09 Å². The van der Waals surface area contributed by atoms with Crippen molar-refractivity contribution in [1.82, 2.24) is 4.90 Å². The van der Waals surface area contributed by atoms with E-state index in [4.69, 9.17) is 4.74 Å². The molecular formula is C30H28N2O3. The predicted molar refractivity (Wildman–Crippen MR) is 138 cm³/mol. The van der Waals surface area contributed by atoms with Gasteiger partial charge in [-0.15, -0.1) is 0 Å². The van der Waals surface area contributed by atoms with Gasteiger partial charge in [0.25, 0.3) is 5.91 Å². The largest absolute Gasteiger partial charge is 0.422 e. The first-order valence-electron chi connectivity index (χ1n) is 12.1. The van der Waals surface area contributed by atoms with Crippen LogP contribution in [0.1, 0.15) is 37.7 Å². The van der Waals surface area contributed by atoms with E-state index in [9.17, 15) is 9.59 Å². The zero-order valence-corrected chi connectivity index (χ0v) is 19.6. The molecule has 0 saturated carbocycles. The van der Waals surface area contributed by atoms with Gasteiger partial charge in [0.15, 0.2) is 5.76 Å². The quantitative estimate of drug-likeness (QED) is 0.271. The van der Waals surface area contributed by atoms with Gasteiger partial charge in [-0.2, -0.15) is 0 Å². The van der Waals surface area contributed by atoms with Gasteiger partial charge in [0.1, 0.15) is 0 Å². The van der Waals surface area contributed by atoms with Gasteiger partial charge < -0.3 is 9.64 Å². The van der Waals surface area contributed by atoms with E-state index in [1.165, 1.54) is 23.3 Å². The van der Waals surface area contributed by atoms with Crippen LogP contribution < -0.4 is 4.90 Å². The van der Waals surface area contributed by atoms with E-state index in [0.717, 1.165) is 41.9 Å². The summed E-state index contributed by atoms with van der Waals surface area (Å²) in [5, 5.41) is 0. The number of carbonyl (C=O) groups is 2. The van der Waals surface area contributed by atoms with Gasteiger partial charge in [0.2, 0.25) is 0 Å². The zero-order valence-electron chi connectivity index (χ0n) is 19.6. The Bertz CT molecular complexity index is 1210. The summed E-state index contributed by atoms with van der Waals surface area (Å²) >= 11 is 0. The lowest BCUT2D eigenvalue weighted by Crippen LogP contribution is -2.30. The first-order chi connectivity index (χ1) is 17.2. The fourth-order valence-corrected chi connectivity index (χ4v) is 4.55. The van der Waals surface area contributed by atoms with Crippen LogP contribution >= 0.6 is 0 Å². The number of hydrogen-bond donors (Lipinski definition) is 0. The Hall–Kier alpha value is -4.12. The number of benzene rings is 3. The van der Waals surface area contributed by atoms with Crippen molar-refractivity contribution in [2.24, 2.45) is 0 Å². The number of hydrogen-bond acceptors (Lipinski definition) is 4. The molecule has 1 saturated heterocycles. The van der Waals surface area contributed by atoms with Crippen LogP contribution in [0.3, 0.4) is 0 Å². The van der Waals surface area contributed by atoms with Crippen LogP contribution in [0.2, 0.25) is 0 Å². The summed E-state index contributed by atoms with van der Waals surface area (Å²) in [6, 6.07) is 28.2. The Morgan fingerprint density at radius 3 is 2.03 bits per heavy atom. The average molecular weight is 465 g/mol. The summed E-state index contributed by atoms with van der Waals surface area (Å²) in [4.78, 5) is 28.5. The van der Waals surface area contributed by atoms with Gasteiger partial charge in [-0.3, -0.25) is 4.79 Å². The first-order valence-corrected chi connectivity index (χ1v) is 12.1. The van der Waals surface area contributed by atoms with Crippen LogP contribution in [0.4, 0.5) is 21.9 Å². The standard InChI is InChI=1S/C30H28N2O3/c33-29-28(35-30(34)31(29)21-20-23-10-4-1-5-11-23)22-24-16-18-27(19-17-24)32(25-12-6-2-7-13-25)26-14-8-3-9-15-26/h2-3,6-10,12-19,22H,1,4-5,11,20-21H2. The lowest BCUT2D eigenvalue weighted by molar-refractivity contribution is -0.123. The first kappa shape index (κ1) is 22.7. The van der Waals surface area contributed by atoms with Gasteiger partial charge in [-0.1, -0.05) is 60.2 Å². The summed E-state index contributed by atoms with van der Waals surface area (Å²) in [5.41, 5.74) is 5.21. The molecule has 5 nitrogen and oxygen atoms in total. The molecule has 0 aromatic heterocycles. The summed E-state index contributed by atoms with van der Waals surface area (Å²) < 4.78 is 5.32. The minimum absolute atomic E-state index is 0.0725. The number of allylic oxidation sites excluding steroid dienone is 1. The van der Waals surface area contributed by atoms with Crippen molar-refractivity contribution < 1.29 is 14.3 Å². The highest BCUT2D eigenvalue weighted by atomic mass is 16.6. The molecule has 2 aliphatic rings. The topological polar surface area (TPSA) is 49.9 Å². The monoisotopic (exact) mass is 464 g/mol. The van der Waals surface area contributed by atoms with Gasteiger partial charge in [0, 0.05) is 23.6 Å². The van der Waals surface area contributed by atoms with Crippen molar-refractivity contribution in [3.8, 4) is 0 Å². The molecule has 5 rings (SSSR count). The molecule has 35 heavy (non-hydrogen) atoms. The summed E-state index contributed by atoms with van der Waals surface area (Å²) in [5.74, 6) is -0.297. The Labute approximate surface area is 205 Å². The van der Waals surface area contributed by atoms with Crippen molar-refractivity contribution in [3.63, 3.8) is 0 Å². The molecule has 176 valence electrons. The van der Waals surface area contributed by atoms with Crippen LogP contribution in [-0.2, 0) is 9.53 Å². The fourth-order valence-electron chi connectivity index (χ4n) is 4.55. The van der Waals surface area contributed by atoms with Gasteiger partial charge in [-0.05, 0) is 80.1 Å². The fraction of sp³-hybridized carbons (Fsp3) is 0.200. The molecule has 1 fully saturated rings. The molecule has 1 aliphatic carbocycles. The number of carbonyl (C=O) groups excluding carboxylic acids is 2. The lowest BCUT2D eigenvalue weighted by Gasteiger charge is -2.25. The highest BCUT2D eigenvalue weighted by molar-refractivity contribution is 6.09. The van der Waals surface area contributed by atoms with Crippen LogP contribution in [-0.4, -0.2) is 23.4 Å². The number of para-hydroxylation sites is 2. The molecule has 0 bridgehead atoms. The second-order valence-corrected chi connectivity index (χ2v) is 8.79. The summed E-state index contributed by atoms with van der Waals surface area (Å²) in [7, 11) is 0. The molecule has 3 aromatic carbocycles. The van der Waals surface area contributed by atoms with E-state index in [-0.39, 0.29) is 11.7 Å². The number of nitrogens with zero attached hydrogens (tertiary/aromatic N) is 2. The van der Waals surface area contributed by atoms with Crippen molar-refractivity contribution in [2.45, 2.75) is 32.1 Å². The smallest absolute Gasteiger partial charge is 0.404 e. The Kier molecular flexibility index (Phi) is 6.75. The van der Waals surface area contributed by atoms with E-state index in [2.05, 4.69) is 35.2 Å². The second-order valence-electron chi connectivity index (χ2n) is 8.79. The maximum Gasteiger partial charge on any atom is 0.422 e. The minimum Gasteiger partial charge on any atom is -0.404 e. The van der Waals surface area contributed by atoms with Gasteiger partial charge in [-0.25, -0.2) is 9.69 Å². The summed E-state index contributed by atoms with van der Waals surface area (Å²) in [6.07, 6.45) is 8.54. The third-order valence-corrected chi connectivity index (χ3v) is 6.39. The van der Waals surface area contributed by atoms with Crippen molar-refractivity contribution in [3.05, 3.63) is 108 Å². The minimum atomic E-state index is -0.589.